The third-order valence-corrected chi connectivity index (χ3v) is 5.82. The summed E-state index contributed by atoms with van der Waals surface area (Å²) in [6.07, 6.45) is 4.92. The third kappa shape index (κ3) is 3.79. The Balaban J connectivity index is 1.61. The molecule has 0 saturated carbocycles. The number of nitrogens with one attached hydrogen (secondary N) is 1. The van der Waals surface area contributed by atoms with Crippen molar-refractivity contribution in [1.29, 1.82) is 0 Å². The van der Waals surface area contributed by atoms with Gasteiger partial charge in [-0.1, -0.05) is 23.4 Å². The Hall–Kier alpha value is -1.95. The second-order valence-electron chi connectivity index (χ2n) is 6.33. The highest BCUT2D eigenvalue weighted by molar-refractivity contribution is 7.99. The number of H-pyrrole nitrogens is 1. The third-order valence-electron chi connectivity index (χ3n) is 4.50. The van der Waals surface area contributed by atoms with E-state index in [9.17, 15) is 15.3 Å². The molecule has 4 N–H and O–H groups in total. The summed E-state index contributed by atoms with van der Waals surface area (Å²) in [4.78, 5) is 4.72. The zero-order valence-electron chi connectivity index (χ0n) is 14.5. The van der Waals surface area contributed by atoms with Gasteiger partial charge in [-0.25, -0.2) is 0 Å². The molecule has 0 unspecified atom stereocenters. The molecule has 0 aromatic carbocycles. The van der Waals surface area contributed by atoms with Crippen LogP contribution in [0.2, 0.25) is 5.02 Å². The van der Waals surface area contributed by atoms with Crippen molar-refractivity contribution in [3.63, 3.8) is 0 Å². The van der Waals surface area contributed by atoms with Gasteiger partial charge in [-0.15, -0.1) is 0 Å². The summed E-state index contributed by atoms with van der Waals surface area (Å²) in [6.45, 7) is -0.399. The zero-order chi connectivity index (χ0) is 19.7. The number of aromatic amines is 1. The van der Waals surface area contributed by atoms with Gasteiger partial charge in [0.05, 0.1) is 23.5 Å². The second-order valence-corrected chi connectivity index (χ2v) is 7.94. The van der Waals surface area contributed by atoms with Gasteiger partial charge < -0.3 is 20.1 Å². The summed E-state index contributed by atoms with van der Waals surface area (Å²) in [5.74, 6) is 0. The molecule has 3 aromatic rings. The highest BCUT2D eigenvalue weighted by Gasteiger charge is 2.46. The predicted molar refractivity (Wildman–Crippen MR) is 102 cm³/mol. The molecule has 0 bridgehead atoms. The lowest BCUT2D eigenvalue weighted by Gasteiger charge is -2.42. The number of thioether (sulfide) groups is 1. The maximum Gasteiger partial charge on any atom is 0.136 e. The van der Waals surface area contributed by atoms with Crippen molar-refractivity contribution in [2.24, 2.45) is 0 Å². The number of aliphatic hydroxyl groups is 3. The van der Waals surface area contributed by atoms with E-state index in [1.165, 1.54) is 22.6 Å². The number of halogens is 1. The Labute approximate surface area is 169 Å². The first kappa shape index (κ1) is 19.4. The Kier molecular flexibility index (Phi) is 5.67. The molecule has 4 heterocycles. The van der Waals surface area contributed by atoms with Crippen molar-refractivity contribution in [1.82, 2.24) is 25.0 Å². The van der Waals surface area contributed by atoms with E-state index in [4.69, 9.17) is 16.3 Å². The lowest BCUT2D eigenvalue weighted by atomic mass is 9.97. The van der Waals surface area contributed by atoms with Crippen LogP contribution in [0.25, 0.3) is 11.3 Å². The molecule has 28 heavy (non-hydrogen) atoms. The largest absolute Gasteiger partial charge is 0.394 e. The minimum absolute atomic E-state index is 0.399. The first-order chi connectivity index (χ1) is 13.6. The summed E-state index contributed by atoms with van der Waals surface area (Å²) in [6, 6.07) is 2.68. The summed E-state index contributed by atoms with van der Waals surface area (Å²) in [5, 5.41) is 42.7. The van der Waals surface area contributed by atoms with E-state index in [0.29, 0.717) is 9.92 Å². The topological polar surface area (TPSA) is 129 Å². The number of pyridine rings is 1. The van der Waals surface area contributed by atoms with Crippen molar-refractivity contribution >= 4 is 23.4 Å². The fraction of sp³-hybridized carbons (Fsp3) is 0.353. The molecule has 11 heteroatoms. The maximum atomic E-state index is 10.9. The van der Waals surface area contributed by atoms with Crippen LogP contribution in [0.4, 0.5) is 0 Å². The van der Waals surface area contributed by atoms with Crippen molar-refractivity contribution in [2.75, 3.05) is 6.61 Å². The number of ether oxygens (including phenoxy) is 1. The number of hydrogen-bond donors (Lipinski definition) is 4. The highest BCUT2D eigenvalue weighted by Crippen LogP contribution is 2.38. The molecule has 4 rings (SSSR count). The van der Waals surface area contributed by atoms with Crippen LogP contribution in [0.5, 0.6) is 0 Å². The zero-order valence-corrected chi connectivity index (χ0v) is 16.0. The molecule has 9 nitrogen and oxygen atoms in total. The number of hydrogen-bond acceptors (Lipinski definition) is 8. The monoisotopic (exact) mass is 423 g/mol. The standard InChI is InChI=1S/C17H18ClN5O4S/c18-10-3-11(6-19-5-10)28-17-16(26)14(15(25)13(8-24)27-17)23-7-9(4-21-23)12-1-2-20-22-12/h1-7,13-17,24-26H,8H2,(H,20,22)/t13-,14+,15+,16-,17-/m1/s1. The predicted octanol–water partition coefficient (Wildman–Crippen LogP) is 1.09. The average Bonchev–Trinajstić information content (AvgIpc) is 3.36. The van der Waals surface area contributed by atoms with E-state index < -0.39 is 36.4 Å². The van der Waals surface area contributed by atoms with Crippen LogP contribution in [0, 0.1) is 0 Å². The summed E-state index contributed by atoms with van der Waals surface area (Å²) in [5.41, 5.74) is 0.759. The van der Waals surface area contributed by atoms with Crippen molar-refractivity contribution < 1.29 is 20.1 Å². The van der Waals surface area contributed by atoms with E-state index in [1.807, 2.05) is 0 Å². The SMILES string of the molecule is OC[C@H]1O[C@H](Sc2cncc(Cl)c2)[C@H](O)[C@@H](n2cc(-c3ccn[nH]3)cn2)[C@H]1O. The molecule has 0 aliphatic carbocycles. The van der Waals surface area contributed by atoms with Gasteiger partial charge >= 0.3 is 0 Å². The molecule has 1 aliphatic heterocycles. The Morgan fingerprint density at radius 1 is 1.25 bits per heavy atom. The normalized spacial score (nSPS) is 27.8. The van der Waals surface area contributed by atoms with E-state index in [1.54, 1.807) is 36.9 Å². The van der Waals surface area contributed by atoms with Crippen LogP contribution >= 0.6 is 23.4 Å². The van der Waals surface area contributed by atoms with Gasteiger partial charge in [0.2, 0.25) is 0 Å². The lowest BCUT2D eigenvalue weighted by molar-refractivity contribution is -0.178. The van der Waals surface area contributed by atoms with Gasteiger partial charge in [0.25, 0.3) is 0 Å². The van der Waals surface area contributed by atoms with Gasteiger partial charge in [0, 0.05) is 35.2 Å². The molecule has 0 spiro atoms. The maximum absolute atomic E-state index is 10.9. The van der Waals surface area contributed by atoms with E-state index in [2.05, 4.69) is 20.3 Å². The van der Waals surface area contributed by atoms with Crippen LogP contribution < -0.4 is 0 Å². The molecule has 1 fully saturated rings. The van der Waals surface area contributed by atoms with Crippen molar-refractivity contribution in [2.45, 2.75) is 34.7 Å². The summed E-state index contributed by atoms with van der Waals surface area (Å²) < 4.78 is 7.21. The molecular weight excluding hydrogens is 406 g/mol. The Bertz CT molecular complexity index is 924. The Morgan fingerprint density at radius 2 is 2.11 bits per heavy atom. The molecule has 1 saturated heterocycles. The lowest BCUT2D eigenvalue weighted by Crippen LogP contribution is -2.54. The Morgan fingerprint density at radius 3 is 2.82 bits per heavy atom. The molecule has 5 atom stereocenters. The van der Waals surface area contributed by atoms with Crippen molar-refractivity contribution in [3.05, 3.63) is 48.1 Å². The fourth-order valence-corrected chi connectivity index (χ4v) is 4.45. The molecule has 0 amide bonds. The molecule has 1 aliphatic rings. The number of rotatable bonds is 5. The second kappa shape index (κ2) is 8.19. The van der Waals surface area contributed by atoms with E-state index >= 15 is 0 Å². The van der Waals surface area contributed by atoms with Gasteiger partial charge in [-0.3, -0.25) is 14.8 Å². The quantitative estimate of drug-likeness (QED) is 0.480. The minimum Gasteiger partial charge on any atom is -0.394 e. The number of nitrogens with zero attached hydrogens (tertiary/aromatic N) is 4. The smallest absolute Gasteiger partial charge is 0.136 e. The minimum atomic E-state index is -1.15. The van der Waals surface area contributed by atoms with Crippen molar-refractivity contribution in [3.8, 4) is 11.3 Å². The average molecular weight is 424 g/mol. The van der Waals surface area contributed by atoms with Gasteiger partial charge in [0.15, 0.2) is 0 Å². The first-order valence-corrected chi connectivity index (χ1v) is 9.76. The van der Waals surface area contributed by atoms with Crippen LogP contribution in [-0.2, 0) is 4.74 Å². The van der Waals surface area contributed by atoms with Gasteiger partial charge in [0.1, 0.15) is 29.8 Å². The van der Waals surface area contributed by atoms with Crippen LogP contribution in [0.15, 0.2) is 48.0 Å². The van der Waals surface area contributed by atoms with Crippen LogP contribution in [-0.4, -0.2) is 70.6 Å². The van der Waals surface area contributed by atoms with Gasteiger partial charge in [-0.05, 0) is 12.1 Å². The molecule has 3 aromatic heterocycles. The molecule has 0 radical (unpaired) electrons. The van der Waals surface area contributed by atoms with E-state index in [-0.39, 0.29) is 0 Å². The number of aromatic nitrogens is 5. The summed E-state index contributed by atoms with van der Waals surface area (Å²) >= 11 is 7.19. The summed E-state index contributed by atoms with van der Waals surface area (Å²) in [7, 11) is 0. The molecule has 148 valence electrons. The van der Waals surface area contributed by atoms with Crippen LogP contribution in [0.3, 0.4) is 0 Å². The fourth-order valence-electron chi connectivity index (χ4n) is 3.13. The van der Waals surface area contributed by atoms with Gasteiger partial charge in [-0.2, -0.15) is 10.2 Å². The van der Waals surface area contributed by atoms with E-state index in [0.717, 1.165) is 11.3 Å². The first-order valence-electron chi connectivity index (χ1n) is 8.50. The number of aliphatic hydroxyl groups excluding tert-OH is 3. The highest BCUT2D eigenvalue weighted by atomic mass is 35.5. The van der Waals surface area contributed by atoms with Crippen LogP contribution in [0.1, 0.15) is 6.04 Å². The molecular formula is C17H18ClN5O4S.